The number of fused-ring (bicyclic) bond motifs is 8. The second kappa shape index (κ2) is 16.5. The fraction of sp³-hybridized carbons (Fsp3) is 0.400. The van der Waals surface area contributed by atoms with Gasteiger partial charge in [-0.1, -0.05) is 175 Å². The lowest BCUT2D eigenvalue weighted by Gasteiger charge is -2.48. The van der Waals surface area contributed by atoms with Crippen molar-refractivity contribution in [2.45, 2.75) is 176 Å². The van der Waals surface area contributed by atoms with Crippen LogP contribution in [0.2, 0.25) is 0 Å². The normalized spacial score (nSPS) is 20.6. The molecule has 0 bridgehead atoms. The fourth-order valence-electron chi connectivity index (χ4n) is 14.5. The molecule has 378 valence electrons. The van der Waals surface area contributed by atoms with Gasteiger partial charge in [-0.3, -0.25) is 0 Å². The highest BCUT2D eigenvalue weighted by Gasteiger charge is 2.57. The number of benzene rings is 7. The molecule has 3 heterocycles. The first-order chi connectivity index (χ1) is 34.9. The predicted molar refractivity (Wildman–Crippen MR) is 320 cm³/mol. The summed E-state index contributed by atoms with van der Waals surface area (Å²) in [5.74, 6) is 0. The van der Waals surface area contributed by atoms with E-state index in [1.54, 1.807) is 0 Å². The van der Waals surface area contributed by atoms with Crippen molar-refractivity contribution in [1.29, 1.82) is 0 Å². The van der Waals surface area contributed by atoms with Crippen LogP contribution in [0.25, 0.3) is 11.1 Å². The average molecular weight is 974 g/mol. The lowest BCUT2D eigenvalue weighted by Crippen LogP contribution is -2.61. The van der Waals surface area contributed by atoms with Crippen molar-refractivity contribution < 1.29 is 0 Å². The second-order valence-electron chi connectivity index (χ2n) is 27.8. The van der Waals surface area contributed by atoms with E-state index in [2.05, 4.69) is 246 Å². The zero-order valence-electron chi connectivity index (χ0n) is 47.5. The van der Waals surface area contributed by atoms with E-state index in [-0.39, 0.29) is 39.3 Å². The standard InChI is InChI=1S/C70H80BN3/c1-44-34-62-64-63(35-44)73(58-30-25-50(66(6,7)8)39-53(58)46-22-18-16-19-23-46)60-38-48-43-68(12,13)42-47(48)37-56(60)71(64)55-28-27-52(41-61(55)72(62)57-29-24-49(36-45(57)2)65(3,4)5)74-59-31-26-51(67(9,10)11)40-54(59)69(14)32-20-17-21-33-70(69,74)15/h16,18-19,22-31,34-41H,17,20-21,32-33,42-43H2,1-15H3. The Hall–Kier alpha value is -6.00. The molecule has 0 saturated heterocycles. The summed E-state index contributed by atoms with van der Waals surface area (Å²) in [5.41, 5.74) is 28.5. The maximum Gasteiger partial charge on any atom is 0.252 e. The van der Waals surface area contributed by atoms with Crippen LogP contribution in [0.1, 0.15) is 167 Å². The molecule has 0 N–H and O–H groups in total. The largest absolute Gasteiger partial charge is 0.334 e. The molecule has 3 nitrogen and oxygen atoms in total. The van der Waals surface area contributed by atoms with Crippen molar-refractivity contribution in [2.24, 2.45) is 5.41 Å². The van der Waals surface area contributed by atoms with Crippen LogP contribution in [0.15, 0.2) is 127 Å². The van der Waals surface area contributed by atoms with E-state index in [1.807, 2.05) is 0 Å². The Labute approximate surface area is 445 Å². The van der Waals surface area contributed by atoms with Gasteiger partial charge in [0.2, 0.25) is 0 Å². The maximum absolute atomic E-state index is 2.82. The number of rotatable bonds is 4. The summed E-state index contributed by atoms with van der Waals surface area (Å²) < 4.78 is 0. The molecular weight excluding hydrogens is 894 g/mol. The highest BCUT2D eigenvalue weighted by molar-refractivity contribution is 7.00. The topological polar surface area (TPSA) is 9.72 Å². The first kappa shape index (κ1) is 48.9. The molecule has 0 radical (unpaired) electrons. The van der Waals surface area contributed by atoms with Gasteiger partial charge in [0.05, 0.1) is 11.2 Å². The highest BCUT2D eigenvalue weighted by atomic mass is 15.3. The Kier molecular flexibility index (Phi) is 10.9. The molecular formula is C70H80BN3. The van der Waals surface area contributed by atoms with Crippen LogP contribution in [0.3, 0.4) is 0 Å². The Morgan fingerprint density at radius 1 is 0.473 bits per heavy atom. The number of hydrogen-bond acceptors (Lipinski definition) is 3. The summed E-state index contributed by atoms with van der Waals surface area (Å²) in [4.78, 5) is 8.20. The van der Waals surface area contributed by atoms with Gasteiger partial charge in [-0.15, -0.1) is 0 Å². The maximum atomic E-state index is 2.82. The highest BCUT2D eigenvalue weighted by Crippen LogP contribution is 2.61. The number of anilines is 8. The first-order valence-corrected chi connectivity index (χ1v) is 28.2. The van der Waals surface area contributed by atoms with E-state index < -0.39 is 0 Å². The third-order valence-electron chi connectivity index (χ3n) is 18.8. The number of aryl methyl sites for hydroxylation is 2. The summed E-state index contributed by atoms with van der Waals surface area (Å²) in [5, 5.41) is 0. The van der Waals surface area contributed by atoms with Crippen molar-refractivity contribution in [1.82, 2.24) is 0 Å². The molecule has 7 aromatic carbocycles. The van der Waals surface area contributed by atoms with Crippen molar-refractivity contribution in [3.63, 3.8) is 0 Å². The van der Waals surface area contributed by atoms with E-state index in [0.717, 1.165) is 19.3 Å². The van der Waals surface area contributed by atoms with Gasteiger partial charge >= 0.3 is 0 Å². The van der Waals surface area contributed by atoms with Crippen molar-refractivity contribution >= 4 is 68.6 Å². The van der Waals surface area contributed by atoms with Crippen LogP contribution in [0, 0.1) is 19.3 Å². The van der Waals surface area contributed by atoms with E-state index in [1.165, 1.54) is 143 Å². The summed E-state index contributed by atoms with van der Waals surface area (Å²) >= 11 is 0. The van der Waals surface area contributed by atoms with Crippen LogP contribution >= 0.6 is 0 Å². The van der Waals surface area contributed by atoms with E-state index in [4.69, 9.17) is 0 Å². The molecule has 74 heavy (non-hydrogen) atoms. The van der Waals surface area contributed by atoms with Gasteiger partial charge in [-0.25, -0.2) is 0 Å². The third-order valence-corrected chi connectivity index (χ3v) is 18.8. The Balaban J connectivity index is 1.16. The van der Waals surface area contributed by atoms with Crippen molar-refractivity contribution in [3.05, 3.63) is 172 Å². The van der Waals surface area contributed by atoms with Gasteiger partial charge in [0.15, 0.2) is 0 Å². The molecule has 4 heteroatoms. The minimum absolute atomic E-state index is 0.00983. The second-order valence-corrected chi connectivity index (χ2v) is 27.8. The third kappa shape index (κ3) is 7.49. The molecule has 1 fully saturated rings. The summed E-state index contributed by atoms with van der Waals surface area (Å²) in [6.07, 6.45) is 8.34. The SMILES string of the molecule is Cc1cc2c3c(c1)N(c1ccc(C(C)(C)C)cc1-c1ccccc1)c1cc4c(cc1B3c1ccc(N3c5ccc(C(C)(C)C)cc5C5(C)CCCCCC35C)cc1N2c1ccc(C(C)(C)C)cc1C)CC(C)(C)C4. The molecule has 5 aliphatic rings. The lowest BCUT2D eigenvalue weighted by atomic mass is 9.33. The van der Waals surface area contributed by atoms with Crippen molar-refractivity contribution in [3.8, 4) is 11.1 Å². The zero-order valence-corrected chi connectivity index (χ0v) is 47.5. The first-order valence-electron chi connectivity index (χ1n) is 28.2. The fourth-order valence-corrected chi connectivity index (χ4v) is 14.5. The molecule has 12 rings (SSSR count). The van der Waals surface area contributed by atoms with Crippen LogP contribution in [0.4, 0.5) is 45.5 Å². The molecule has 2 atom stereocenters. The molecule has 1 saturated carbocycles. The molecule has 0 spiro atoms. The van der Waals surface area contributed by atoms with Gasteiger partial charge in [0.1, 0.15) is 0 Å². The molecule has 7 aromatic rings. The summed E-state index contributed by atoms with van der Waals surface area (Å²) in [6, 6.07) is 51.3. The van der Waals surface area contributed by atoms with Gasteiger partial charge in [-0.2, -0.15) is 0 Å². The van der Waals surface area contributed by atoms with Crippen LogP contribution in [-0.2, 0) is 34.5 Å². The Morgan fingerprint density at radius 3 is 1.69 bits per heavy atom. The average Bonchev–Trinajstić information content (AvgIpc) is 3.69. The minimum atomic E-state index is -0.0910. The van der Waals surface area contributed by atoms with Gasteiger partial charge in [-0.05, 0) is 189 Å². The predicted octanol–water partition coefficient (Wildman–Crippen LogP) is 17.2. The summed E-state index contributed by atoms with van der Waals surface area (Å²) in [6.45, 7) is 36.0. The monoisotopic (exact) mass is 974 g/mol. The van der Waals surface area contributed by atoms with Crippen molar-refractivity contribution in [2.75, 3.05) is 14.7 Å². The van der Waals surface area contributed by atoms with Crippen LogP contribution < -0.4 is 31.1 Å². The number of nitrogens with zero attached hydrogens (tertiary/aromatic N) is 3. The van der Waals surface area contributed by atoms with E-state index >= 15 is 0 Å². The molecule has 0 amide bonds. The van der Waals surface area contributed by atoms with E-state index in [0.29, 0.717) is 0 Å². The minimum Gasteiger partial charge on any atom is -0.334 e. The summed E-state index contributed by atoms with van der Waals surface area (Å²) in [7, 11) is 0. The van der Waals surface area contributed by atoms with Crippen LogP contribution in [-0.4, -0.2) is 12.3 Å². The van der Waals surface area contributed by atoms with Gasteiger partial charge in [0, 0.05) is 50.8 Å². The molecule has 2 aliphatic carbocycles. The smallest absolute Gasteiger partial charge is 0.252 e. The number of hydrogen-bond donors (Lipinski definition) is 0. The molecule has 3 aliphatic heterocycles. The Bertz CT molecular complexity index is 3430. The zero-order chi connectivity index (χ0) is 52.2. The lowest BCUT2D eigenvalue weighted by molar-refractivity contribution is 0.261. The van der Waals surface area contributed by atoms with Gasteiger partial charge in [0.25, 0.3) is 6.71 Å². The molecule has 2 unspecified atom stereocenters. The van der Waals surface area contributed by atoms with E-state index in [9.17, 15) is 0 Å². The quantitative estimate of drug-likeness (QED) is 0.163. The van der Waals surface area contributed by atoms with Crippen LogP contribution in [0.5, 0.6) is 0 Å². The van der Waals surface area contributed by atoms with Gasteiger partial charge < -0.3 is 14.7 Å². The Morgan fingerprint density at radius 2 is 1.04 bits per heavy atom. The molecule has 0 aromatic heterocycles.